The molecule has 3 amide bonds. The number of likely N-dealkylation sites (tertiary alicyclic amines) is 1. The van der Waals surface area contributed by atoms with Gasteiger partial charge in [-0.25, -0.2) is 4.79 Å². The van der Waals surface area contributed by atoms with Gasteiger partial charge in [0.05, 0.1) is 0 Å². The zero-order valence-corrected chi connectivity index (χ0v) is 17.9. The monoisotopic (exact) mass is 422 g/mol. The predicted molar refractivity (Wildman–Crippen MR) is 119 cm³/mol. The van der Waals surface area contributed by atoms with Gasteiger partial charge in [0.25, 0.3) is 5.56 Å². The van der Waals surface area contributed by atoms with E-state index in [2.05, 4.69) is 10.6 Å². The van der Waals surface area contributed by atoms with Crippen LogP contribution in [0.15, 0.2) is 53.3 Å². The van der Waals surface area contributed by atoms with Gasteiger partial charge in [0.2, 0.25) is 5.91 Å². The fraction of sp³-hybridized carbons (Fsp3) is 0.458. The normalized spacial score (nSPS) is 20.5. The fourth-order valence-electron chi connectivity index (χ4n) is 4.73. The van der Waals surface area contributed by atoms with Gasteiger partial charge in [-0.15, -0.1) is 0 Å². The number of piperidine rings is 1. The third-order valence-corrected chi connectivity index (χ3v) is 6.21. The molecule has 164 valence electrons. The zero-order valence-electron chi connectivity index (χ0n) is 17.9. The number of benzene rings is 1. The fourth-order valence-corrected chi connectivity index (χ4v) is 4.73. The molecule has 0 radical (unpaired) electrons. The van der Waals surface area contributed by atoms with Gasteiger partial charge < -0.3 is 20.1 Å². The van der Waals surface area contributed by atoms with Crippen LogP contribution in [0.2, 0.25) is 0 Å². The molecule has 0 aliphatic carbocycles. The molecule has 2 aromatic rings. The second kappa shape index (κ2) is 9.37. The molecule has 3 heterocycles. The van der Waals surface area contributed by atoms with Crippen LogP contribution in [0.1, 0.15) is 36.9 Å². The Hall–Kier alpha value is -3.09. The molecule has 4 rings (SSSR count). The van der Waals surface area contributed by atoms with Gasteiger partial charge in [-0.05, 0) is 30.4 Å². The molecule has 2 bridgehead atoms. The van der Waals surface area contributed by atoms with Gasteiger partial charge >= 0.3 is 6.03 Å². The Morgan fingerprint density at radius 2 is 1.87 bits per heavy atom. The number of nitrogens with zero attached hydrogens (tertiary/aromatic N) is 2. The van der Waals surface area contributed by atoms with Crippen LogP contribution in [-0.4, -0.2) is 47.1 Å². The molecule has 31 heavy (non-hydrogen) atoms. The van der Waals surface area contributed by atoms with Crippen molar-refractivity contribution in [3.8, 4) is 0 Å². The van der Waals surface area contributed by atoms with Crippen LogP contribution in [0.5, 0.6) is 0 Å². The summed E-state index contributed by atoms with van der Waals surface area (Å²) >= 11 is 0. The maximum Gasteiger partial charge on any atom is 0.318 e. The Bertz CT molecular complexity index is 988. The number of hydrogen-bond donors (Lipinski definition) is 2. The molecule has 3 atom stereocenters. The Kier molecular flexibility index (Phi) is 6.39. The van der Waals surface area contributed by atoms with E-state index in [1.165, 1.54) is 0 Å². The number of carbonyl (C=O) groups excluding carboxylic acids is 2. The minimum absolute atomic E-state index is 0.0284. The molecule has 1 aromatic carbocycles. The van der Waals surface area contributed by atoms with Gasteiger partial charge in [0, 0.05) is 50.3 Å². The van der Waals surface area contributed by atoms with Gasteiger partial charge in [-0.2, -0.15) is 0 Å². The van der Waals surface area contributed by atoms with E-state index in [1.54, 1.807) is 12.1 Å². The second-order valence-corrected chi connectivity index (χ2v) is 8.59. The number of nitrogens with one attached hydrogen (secondary N) is 2. The maximum atomic E-state index is 13.2. The molecular weight excluding hydrogens is 392 g/mol. The quantitative estimate of drug-likeness (QED) is 0.748. The predicted octanol–water partition coefficient (Wildman–Crippen LogP) is 2.11. The van der Waals surface area contributed by atoms with Crippen LogP contribution in [0, 0.1) is 5.92 Å². The number of hydrogen-bond acceptors (Lipinski definition) is 3. The van der Waals surface area contributed by atoms with E-state index in [4.69, 9.17) is 0 Å². The molecular formula is C24H30N4O3. The number of pyridine rings is 1. The van der Waals surface area contributed by atoms with Crippen molar-refractivity contribution >= 4 is 11.9 Å². The Balaban J connectivity index is 1.47. The molecule has 2 aliphatic heterocycles. The Morgan fingerprint density at radius 1 is 1.06 bits per heavy atom. The first kappa shape index (κ1) is 21.2. The van der Waals surface area contributed by atoms with E-state index in [1.807, 2.05) is 52.8 Å². The summed E-state index contributed by atoms with van der Waals surface area (Å²) < 4.78 is 1.85. The molecule has 1 aromatic heterocycles. The SMILES string of the molecule is CCCNC(=O)C(Cc1ccccc1)NC(=O)N1CC2CC(C1)c1cccc(=O)n1C2. The maximum absolute atomic E-state index is 13.2. The van der Waals surface area contributed by atoms with E-state index in [0.29, 0.717) is 32.6 Å². The Morgan fingerprint density at radius 3 is 2.65 bits per heavy atom. The lowest BCUT2D eigenvalue weighted by atomic mass is 9.83. The molecule has 0 spiro atoms. The van der Waals surface area contributed by atoms with Crippen LogP contribution < -0.4 is 16.2 Å². The summed E-state index contributed by atoms with van der Waals surface area (Å²) in [6.07, 6.45) is 2.27. The lowest BCUT2D eigenvalue weighted by Crippen LogP contribution is -2.56. The zero-order chi connectivity index (χ0) is 21.8. The van der Waals surface area contributed by atoms with Gasteiger partial charge in [0.15, 0.2) is 0 Å². The Labute approximate surface area is 182 Å². The first-order valence-electron chi connectivity index (χ1n) is 11.1. The van der Waals surface area contributed by atoms with E-state index in [9.17, 15) is 14.4 Å². The van der Waals surface area contributed by atoms with Crippen LogP contribution >= 0.6 is 0 Å². The van der Waals surface area contributed by atoms with Gasteiger partial charge in [-0.3, -0.25) is 9.59 Å². The minimum Gasteiger partial charge on any atom is -0.354 e. The molecule has 2 aliphatic rings. The van der Waals surface area contributed by atoms with Crippen LogP contribution in [0.3, 0.4) is 0 Å². The van der Waals surface area contributed by atoms with Crippen molar-refractivity contribution < 1.29 is 9.59 Å². The topological polar surface area (TPSA) is 83.4 Å². The van der Waals surface area contributed by atoms with Crippen molar-refractivity contribution in [2.75, 3.05) is 19.6 Å². The highest BCUT2D eigenvalue weighted by atomic mass is 16.2. The standard InChI is InChI=1S/C24H30N4O3/c1-2-11-25-23(30)20(13-17-7-4-3-5-8-17)26-24(31)27-14-18-12-19(16-27)21-9-6-10-22(29)28(21)15-18/h3-10,18-20H,2,11-16H2,1H3,(H,25,30)(H,26,31). The van der Waals surface area contributed by atoms with E-state index in [0.717, 1.165) is 24.1 Å². The third-order valence-electron chi connectivity index (χ3n) is 6.21. The first-order chi connectivity index (χ1) is 15.0. The molecule has 2 N–H and O–H groups in total. The molecule has 0 saturated carbocycles. The number of urea groups is 1. The smallest absolute Gasteiger partial charge is 0.318 e. The molecule has 1 fully saturated rings. The summed E-state index contributed by atoms with van der Waals surface area (Å²) in [5.41, 5.74) is 2.03. The summed E-state index contributed by atoms with van der Waals surface area (Å²) in [7, 11) is 0. The third kappa shape index (κ3) is 4.81. The average Bonchev–Trinajstić information content (AvgIpc) is 2.78. The van der Waals surface area contributed by atoms with Crippen molar-refractivity contribution in [2.45, 2.75) is 44.7 Å². The van der Waals surface area contributed by atoms with Gasteiger partial charge in [-0.1, -0.05) is 43.3 Å². The van der Waals surface area contributed by atoms with E-state index >= 15 is 0 Å². The van der Waals surface area contributed by atoms with E-state index < -0.39 is 6.04 Å². The van der Waals surface area contributed by atoms with Crippen LogP contribution in [0.4, 0.5) is 4.79 Å². The second-order valence-electron chi connectivity index (χ2n) is 8.59. The molecule has 7 heteroatoms. The first-order valence-corrected chi connectivity index (χ1v) is 11.1. The van der Waals surface area contributed by atoms with Crippen molar-refractivity contribution in [3.63, 3.8) is 0 Å². The van der Waals surface area contributed by atoms with Crippen LogP contribution in [0.25, 0.3) is 0 Å². The number of rotatable bonds is 6. The van der Waals surface area contributed by atoms with Crippen LogP contribution in [-0.2, 0) is 17.8 Å². The highest BCUT2D eigenvalue weighted by molar-refractivity contribution is 5.87. The number of amides is 3. The lowest BCUT2D eigenvalue weighted by molar-refractivity contribution is -0.122. The lowest BCUT2D eigenvalue weighted by Gasteiger charge is -2.43. The average molecular weight is 423 g/mol. The highest BCUT2D eigenvalue weighted by Gasteiger charge is 2.37. The summed E-state index contributed by atoms with van der Waals surface area (Å²) in [5, 5.41) is 5.88. The molecule has 3 unspecified atom stereocenters. The highest BCUT2D eigenvalue weighted by Crippen LogP contribution is 2.34. The summed E-state index contributed by atoms with van der Waals surface area (Å²) in [6, 6.07) is 14.3. The molecule has 7 nitrogen and oxygen atoms in total. The molecule has 1 saturated heterocycles. The summed E-state index contributed by atoms with van der Waals surface area (Å²) in [4.78, 5) is 39.9. The summed E-state index contributed by atoms with van der Waals surface area (Å²) in [6.45, 7) is 4.37. The number of carbonyl (C=O) groups is 2. The number of fused-ring (bicyclic) bond motifs is 4. The van der Waals surface area contributed by atoms with Crippen molar-refractivity contribution in [1.29, 1.82) is 0 Å². The summed E-state index contributed by atoms with van der Waals surface area (Å²) in [5.74, 6) is 0.236. The van der Waals surface area contributed by atoms with Gasteiger partial charge in [0.1, 0.15) is 6.04 Å². The van der Waals surface area contributed by atoms with Crippen molar-refractivity contribution in [1.82, 2.24) is 20.1 Å². The largest absolute Gasteiger partial charge is 0.354 e. The van der Waals surface area contributed by atoms with Crippen molar-refractivity contribution in [3.05, 3.63) is 70.1 Å². The minimum atomic E-state index is -0.627. The number of aromatic nitrogens is 1. The van der Waals surface area contributed by atoms with Crippen molar-refractivity contribution in [2.24, 2.45) is 5.92 Å². The van der Waals surface area contributed by atoms with E-state index in [-0.39, 0.29) is 29.3 Å².